The molecule has 0 aliphatic carbocycles. The molecule has 2 aromatic rings. The van der Waals surface area contributed by atoms with Gasteiger partial charge >= 0.3 is 0 Å². The van der Waals surface area contributed by atoms with E-state index in [4.69, 9.17) is 5.73 Å². The van der Waals surface area contributed by atoms with Crippen LogP contribution in [-0.2, 0) is 6.42 Å². The fraction of sp³-hybridized carbons (Fsp3) is 0.385. The summed E-state index contributed by atoms with van der Waals surface area (Å²) >= 11 is 0. The Morgan fingerprint density at radius 1 is 1.35 bits per heavy atom. The molecule has 2 aromatic heterocycles. The third kappa shape index (κ3) is 2.91. The lowest BCUT2D eigenvalue weighted by Gasteiger charge is -2.09. The molecule has 1 unspecified atom stereocenters. The molecule has 0 saturated heterocycles. The lowest BCUT2D eigenvalue weighted by Crippen LogP contribution is -2.21. The number of hydrogen-bond acceptors (Lipinski definition) is 3. The van der Waals surface area contributed by atoms with Crippen molar-refractivity contribution in [1.82, 2.24) is 14.8 Å². The van der Waals surface area contributed by atoms with E-state index in [1.54, 1.807) is 0 Å². The van der Waals surface area contributed by atoms with E-state index in [1.165, 1.54) is 0 Å². The van der Waals surface area contributed by atoms with Gasteiger partial charge in [0.15, 0.2) is 0 Å². The summed E-state index contributed by atoms with van der Waals surface area (Å²) in [5, 5.41) is 4.27. The van der Waals surface area contributed by atoms with Gasteiger partial charge in [0.25, 0.3) is 0 Å². The van der Waals surface area contributed by atoms with Gasteiger partial charge in [0, 0.05) is 18.4 Å². The van der Waals surface area contributed by atoms with Crippen LogP contribution in [0.1, 0.15) is 24.5 Å². The monoisotopic (exact) mass is 230 g/mol. The third-order valence-electron chi connectivity index (χ3n) is 2.78. The summed E-state index contributed by atoms with van der Waals surface area (Å²) in [6, 6.07) is 2.29. The number of hydrogen-bond donors (Lipinski definition) is 1. The number of aryl methyl sites for hydroxylation is 1. The van der Waals surface area contributed by atoms with Gasteiger partial charge in [-0.15, -0.1) is 0 Å². The Kier molecular flexibility index (Phi) is 3.54. The molecule has 0 aliphatic heterocycles. The highest BCUT2D eigenvalue weighted by Crippen LogP contribution is 2.10. The standard InChI is InChI=1S/C13H18N4/c1-3-12(14)4-11-5-13(8-15-7-11)17-9-10(2)6-16-17/h5-9,12H,3-4,14H2,1-2H3. The predicted molar refractivity (Wildman–Crippen MR) is 68.1 cm³/mol. The van der Waals surface area contributed by atoms with Crippen molar-refractivity contribution >= 4 is 0 Å². The van der Waals surface area contributed by atoms with E-state index in [2.05, 4.69) is 23.1 Å². The number of nitrogens with two attached hydrogens (primary N) is 1. The van der Waals surface area contributed by atoms with Crippen LogP contribution in [0.2, 0.25) is 0 Å². The van der Waals surface area contributed by atoms with E-state index in [0.717, 1.165) is 29.7 Å². The maximum atomic E-state index is 5.95. The molecule has 0 amide bonds. The first-order chi connectivity index (χ1) is 8.19. The van der Waals surface area contributed by atoms with Crippen LogP contribution in [-0.4, -0.2) is 20.8 Å². The van der Waals surface area contributed by atoms with Gasteiger partial charge < -0.3 is 5.73 Å². The van der Waals surface area contributed by atoms with Gasteiger partial charge in [-0.3, -0.25) is 4.98 Å². The first-order valence-electron chi connectivity index (χ1n) is 5.90. The molecule has 4 heteroatoms. The van der Waals surface area contributed by atoms with Crippen molar-refractivity contribution in [2.45, 2.75) is 32.7 Å². The Hall–Kier alpha value is -1.68. The van der Waals surface area contributed by atoms with Crippen molar-refractivity contribution in [2.24, 2.45) is 5.73 Å². The third-order valence-corrected chi connectivity index (χ3v) is 2.78. The molecule has 0 saturated carbocycles. The van der Waals surface area contributed by atoms with Gasteiger partial charge in [0.2, 0.25) is 0 Å². The topological polar surface area (TPSA) is 56.7 Å². The molecular weight excluding hydrogens is 212 g/mol. The fourth-order valence-electron chi connectivity index (χ4n) is 1.71. The minimum atomic E-state index is 0.200. The number of aromatic nitrogens is 3. The summed E-state index contributed by atoms with van der Waals surface area (Å²) in [5.74, 6) is 0. The maximum Gasteiger partial charge on any atom is 0.0831 e. The average Bonchev–Trinajstić information content (AvgIpc) is 2.76. The van der Waals surface area contributed by atoms with E-state index in [0.29, 0.717) is 0 Å². The number of rotatable bonds is 4. The minimum absolute atomic E-state index is 0.200. The molecular formula is C13H18N4. The molecule has 0 fully saturated rings. The zero-order valence-corrected chi connectivity index (χ0v) is 10.3. The summed E-state index contributed by atoms with van der Waals surface area (Å²) in [6.07, 6.45) is 9.34. The summed E-state index contributed by atoms with van der Waals surface area (Å²) in [7, 11) is 0. The van der Waals surface area contributed by atoms with Crippen molar-refractivity contribution in [2.75, 3.05) is 0 Å². The predicted octanol–water partition coefficient (Wildman–Crippen LogP) is 1.86. The van der Waals surface area contributed by atoms with Crippen LogP contribution in [0, 0.1) is 6.92 Å². The molecule has 0 spiro atoms. The average molecular weight is 230 g/mol. The molecule has 17 heavy (non-hydrogen) atoms. The second-order valence-electron chi connectivity index (χ2n) is 4.39. The maximum absolute atomic E-state index is 5.95. The van der Waals surface area contributed by atoms with Gasteiger partial charge in [-0.25, -0.2) is 4.68 Å². The van der Waals surface area contributed by atoms with E-state index in [1.807, 2.05) is 36.4 Å². The highest BCUT2D eigenvalue weighted by molar-refractivity contribution is 5.32. The molecule has 4 nitrogen and oxygen atoms in total. The summed E-state index contributed by atoms with van der Waals surface area (Å²) < 4.78 is 1.84. The Labute approximate surface area is 101 Å². The number of nitrogens with zero attached hydrogens (tertiary/aromatic N) is 3. The molecule has 0 bridgehead atoms. The number of pyridine rings is 1. The summed E-state index contributed by atoms with van der Waals surface area (Å²) in [4.78, 5) is 4.24. The first-order valence-corrected chi connectivity index (χ1v) is 5.90. The smallest absolute Gasteiger partial charge is 0.0831 e. The van der Waals surface area contributed by atoms with Gasteiger partial charge in [-0.05, 0) is 37.0 Å². The second kappa shape index (κ2) is 5.10. The van der Waals surface area contributed by atoms with Gasteiger partial charge in [-0.2, -0.15) is 5.10 Å². The van der Waals surface area contributed by atoms with Crippen molar-refractivity contribution in [3.63, 3.8) is 0 Å². The Bertz CT molecular complexity index is 490. The van der Waals surface area contributed by atoms with Crippen LogP contribution >= 0.6 is 0 Å². The zero-order chi connectivity index (χ0) is 12.3. The van der Waals surface area contributed by atoms with E-state index in [-0.39, 0.29) is 6.04 Å². The lowest BCUT2D eigenvalue weighted by molar-refractivity contribution is 0.644. The largest absolute Gasteiger partial charge is 0.327 e. The Balaban J connectivity index is 2.22. The van der Waals surface area contributed by atoms with Crippen molar-refractivity contribution in [3.05, 3.63) is 42.0 Å². The van der Waals surface area contributed by atoms with Gasteiger partial charge in [-0.1, -0.05) is 6.92 Å². The van der Waals surface area contributed by atoms with Crippen molar-refractivity contribution in [3.8, 4) is 5.69 Å². The van der Waals surface area contributed by atoms with E-state index >= 15 is 0 Å². The van der Waals surface area contributed by atoms with Crippen LogP contribution in [0.15, 0.2) is 30.9 Å². The highest BCUT2D eigenvalue weighted by Gasteiger charge is 2.04. The molecule has 1 atom stereocenters. The lowest BCUT2D eigenvalue weighted by atomic mass is 10.1. The van der Waals surface area contributed by atoms with Crippen LogP contribution < -0.4 is 5.73 Å². The molecule has 0 aromatic carbocycles. The molecule has 2 heterocycles. The van der Waals surface area contributed by atoms with Crippen molar-refractivity contribution < 1.29 is 0 Å². The first kappa shape index (κ1) is 11.8. The Morgan fingerprint density at radius 2 is 2.18 bits per heavy atom. The highest BCUT2D eigenvalue weighted by atomic mass is 15.3. The molecule has 0 aliphatic rings. The molecule has 2 rings (SSSR count). The van der Waals surface area contributed by atoms with Gasteiger partial charge in [0.05, 0.1) is 18.1 Å². The second-order valence-corrected chi connectivity index (χ2v) is 4.39. The zero-order valence-electron chi connectivity index (χ0n) is 10.3. The quantitative estimate of drug-likeness (QED) is 0.872. The minimum Gasteiger partial charge on any atom is -0.327 e. The summed E-state index contributed by atoms with van der Waals surface area (Å²) in [6.45, 7) is 4.12. The fourth-order valence-corrected chi connectivity index (χ4v) is 1.71. The molecule has 90 valence electrons. The van der Waals surface area contributed by atoms with Gasteiger partial charge in [0.1, 0.15) is 0 Å². The molecule has 2 N–H and O–H groups in total. The van der Waals surface area contributed by atoms with Crippen molar-refractivity contribution in [1.29, 1.82) is 0 Å². The van der Waals surface area contributed by atoms with Crippen LogP contribution in [0.5, 0.6) is 0 Å². The van der Waals surface area contributed by atoms with E-state index < -0.39 is 0 Å². The van der Waals surface area contributed by atoms with Crippen LogP contribution in [0.4, 0.5) is 0 Å². The SMILES string of the molecule is CCC(N)Cc1cncc(-n2cc(C)cn2)c1. The summed E-state index contributed by atoms with van der Waals surface area (Å²) in [5.41, 5.74) is 9.23. The Morgan fingerprint density at radius 3 is 2.82 bits per heavy atom. The molecule has 0 radical (unpaired) electrons. The van der Waals surface area contributed by atoms with Crippen LogP contribution in [0.3, 0.4) is 0 Å². The van der Waals surface area contributed by atoms with Crippen LogP contribution in [0.25, 0.3) is 5.69 Å². The van der Waals surface area contributed by atoms with E-state index in [9.17, 15) is 0 Å². The normalized spacial score (nSPS) is 12.6.